The highest BCUT2D eigenvalue weighted by Crippen LogP contribution is 2.41. The van der Waals surface area contributed by atoms with Gasteiger partial charge >= 0.3 is 0 Å². The zero-order valence-corrected chi connectivity index (χ0v) is 17.5. The molecule has 1 saturated carbocycles. The lowest BCUT2D eigenvalue weighted by molar-refractivity contribution is 0.141. The molecule has 2 rings (SSSR count). The molecule has 1 aliphatic carbocycles. The van der Waals surface area contributed by atoms with Crippen LogP contribution in [-0.4, -0.2) is 26.2 Å². The third-order valence-corrected chi connectivity index (χ3v) is 4.91. The van der Waals surface area contributed by atoms with Crippen LogP contribution in [0, 0.1) is 5.41 Å². The third kappa shape index (κ3) is 6.24. The van der Waals surface area contributed by atoms with E-state index in [9.17, 15) is 0 Å². The number of aliphatic imine (C=N–C) groups is 1. The van der Waals surface area contributed by atoms with Gasteiger partial charge in [0.25, 0.3) is 0 Å². The minimum absolute atomic E-state index is 0. The summed E-state index contributed by atoms with van der Waals surface area (Å²) in [6.07, 6.45) is 6.13. The number of methoxy groups -OCH3 is 1. The number of nitrogens with one attached hydrogen (secondary N) is 1. The lowest BCUT2D eigenvalue weighted by Crippen LogP contribution is -2.28. The van der Waals surface area contributed by atoms with Crippen LogP contribution in [0.25, 0.3) is 0 Å². The van der Waals surface area contributed by atoms with Gasteiger partial charge in [0.05, 0.1) is 0 Å². The van der Waals surface area contributed by atoms with Crippen molar-refractivity contribution in [3.63, 3.8) is 0 Å². The Balaban J connectivity index is 0.00000288. The quantitative estimate of drug-likeness (QED) is 0.362. The van der Waals surface area contributed by atoms with Crippen LogP contribution in [0.3, 0.4) is 0 Å². The van der Waals surface area contributed by atoms with Crippen molar-refractivity contribution in [1.29, 1.82) is 0 Å². The Kier molecular flexibility index (Phi) is 9.05. The first-order valence-corrected chi connectivity index (χ1v) is 8.70. The molecule has 3 N–H and O–H groups in total. The van der Waals surface area contributed by atoms with E-state index in [0.717, 1.165) is 25.3 Å². The highest BCUT2D eigenvalue weighted by atomic mass is 127. The molecule has 0 saturated heterocycles. The van der Waals surface area contributed by atoms with Crippen molar-refractivity contribution >= 4 is 35.6 Å². The van der Waals surface area contributed by atoms with Crippen LogP contribution < -0.4 is 11.1 Å². The number of hydrogen-bond acceptors (Lipinski definition) is 2. The van der Waals surface area contributed by atoms with E-state index in [1.54, 1.807) is 7.11 Å². The number of nitrogens with two attached hydrogens (primary N) is 1. The van der Waals surface area contributed by atoms with E-state index < -0.39 is 0 Å². The Morgan fingerprint density at radius 2 is 2.04 bits per heavy atom. The van der Waals surface area contributed by atoms with Crippen molar-refractivity contribution in [2.75, 3.05) is 25.6 Å². The second-order valence-corrected chi connectivity index (χ2v) is 7.06. The van der Waals surface area contributed by atoms with Crippen LogP contribution in [0.2, 0.25) is 0 Å². The summed E-state index contributed by atoms with van der Waals surface area (Å²) in [6, 6.07) is 8.37. The average Bonchev–Trinajstić information content (AvgIpc) is 3.00. The topological polar surface area (TPSA) is 59.6 Å². The van der Waals surface area contributed by atoms with Crippen molar-refractivity contribution in [1.82, 2.24) is 0 Å². The molecule has 0 radical (unpaired) electrons. The molecule has 0 amide bonds. The van der Waals surface area contributed by atoms with Gasteiger partial charge in [0.2, 0.25) is 0 Å². The number of anilines is 1. The van der Waals surface area contributed by atoms with Gasteiger partial charge in [0, 0.05) is 25.9 Å². The largest absolute Gasteiger partial charge is 0.385 e. The molecule has 1 aromatic carbocycles. The molecule has 0 unspecified atom stereocenters. The van der Waals surface area contributed by atoms with Gasteiger partial charge in [-0.1, -0.05) is 38.8 Å². The molecular weight excluding hydrogens is 413 g/mol. The van der Waals surface area contributed by atoms with Crippen LogP contribution in [0.1, 0.15) is 57.4 Å². The van der Waals surface area contributed by atoms with E-state index in [2.05, 4.69) is 42.4 Å². The van der Waals surface area contributed by atoms with Crippen LogP contribution in [0.5, 0.6) is 0 Å². The van der Waals surface area contributed by atoms with Crippen molar-refractivity contribution in [3.05, 3.63) is 29.8 Å². The summed E-state index contributed by atoms with van der Waals surface area (Å²) < 4.78 is 5.27. The van der Waals surface area contributed by atoms with Crippen LogP contribution in [0.4, 0.5) is 5.69 Å². The summed E-state index contributed by atoms with van der Waals surface area (Å²) in [5.41, 5.74) is 8.70. The zero-order valence-electron chi connectivity index (χ0n) is 15.2. The van der Waals surface area contributed by atoms with Crippen LogP contribution in [-0.2, 0) is 4.74 Å². The van der Waals surface area contributed by atoms with E-state index in [0.29, 0.717) is 11.9 Å². The minimum Gasteiger partial charge on any atom is -0.385 e. The van der Waals surface area contributed by atoms with E-state index in [4.69, 9.17) is 10.5 Å². The van der Waals surface area contributed by atoms with Gasteiger partial charge in [-0.25, -0.2) is 0 Å². The zero-order chi connectivity index (χ0) is 16.7. The maximum absolute atomic E-state index is 6.11. The van der Waals surface area contributed by atoms with Crippen molar-refractivity contribution in [2.45, 2.75) is 51.9 Å². The Labute approximate surface area is 163 Å². The van der Waals surface area contributed by atoms with Gasteiger partial charge in [-0.05, 0) is 48.3 Å². The molecule has 1 aliphatic rings. The Hall–Kier alpha value is -0.820. The van der Waals surface area contributed by atoms with E-state index in [1.807, 2.05) is 6.07 Å². The van der Waals surface area contributed by atoms with E-state index in [1.165, 1.54) is 31.2 Å². The third-order valence-electron chi connectivity index (χ3n) is 4.91. The molecule has 0 aromatic heterocycles. The molecule has 1 aromatic rings. The highest BCUT2D eigenvalue weighted by molar-refractivity contribution is 14.0. The molecule has 0 spiro atoms. The van der Waals surface area contributed by atoms with Gasteiger partial charge in [0.1, 0.15) is 0 Å². The van der Waals surface area contributed by atoms with Gasteiger partial charge in [-0.3, -0.25) is 4.99 Å². The second-order valence-electron chi connectivity index (χ2n) is 7.06. The molecule has 0 atom stereocenters. The molecule has 1 fully saturated rings. The normalized spacial score (nSPS) is 16.9. The van der Waals surface area contributed by atoms with Gasteiger partial charge in [-0.15, -0.1) is 24.0 Å². The van der Waals surface area contributed by atoms with Crippen molar-refractivity contribution in [2.24, 2.45) is 16.1 Å². The fourth-order valence-corrected chi connectivity index (χ4v) is 3.35. The summed E-state index contributed by atoms with van der Waals surface area (Å²) >= 11 is 0. The SMILES string of the molecule is COCCC1(CN=C(N)Nc2cccc(C(C)C)c2)CCCC1.I. The van der Waals surface area contributed by atoms with E-state index >= 15 is 0 Å². The Morgan fingerprint density at radius 3 is 2.67 bits per heavy atom. The number of guanidine groups is 1. The number of nitrogens with zero attached hydrogens (tertiary/aromatic N) is 1. The van der Waals surface area contributed by atoms with Crippen molar-refractivity contribution in [3.8, 4) is 0 Å². The molecule has 5 heteroatoms. The van der Waals surface area contributed by atoms with Gasteiger partial charge < -0.3 is 15.8 Å². The van der Waals surface area contributed by atoms with Gasteiger partial charge in [0.15, 0.2) is 5.96 Å². The monoisotopic (exact) mass is 445 g/mol. The average molecular weight is 445 g/mol. The summed E-state index contributed by atoms with van der Waals surface area (Å²) in [7, 11) is 1.77. The predicted octanol–water partition coefficient (Wildman–Crippen LogP) is 4.75. The fraction of sp³-hybridized carbons (Fsp3) is 0.632. The lowest BCUT2D eigenvalue weighted by Gasteiger charge is -2.26. The minimum atomic E-state index is 0. The van der Waals surface area contributed by atoms with Gasteiger partial charge in [-0.2, -0.15) is 0 Å². The standard InChI is InChI=1S/C19H31N3O.HI/c1-15(2)16-7-6-8-17(13-16)22-18(20)21-14-19(11-12-23-3)9-4-5-10-19;/h6-8,13,15H,4-5,9-12,14H2,1-3H3,(H3,20,21,22);1H. The smallest absolute Gasteiger partial charge is 0.193 e. The predicted molar refractivity (Wildman–Crippen MR) is 113 cm³/mol. The first kappa shape index (κ1) is 21.2. The number of halogens is 1. The molecular formula is C19H32IN3O. The highest BCUT2D eigenvalue weighted by Gasteiger charge is 2.33. The molecule has 4 nitrogen and oxygen atoms in total. The van der Waals surface area contributed by atoms with Crippen LogP contribution >= 0.6 is 24.0 Å². The number of benzene rings is 1. The summed E-state index contributed by atoms with van der Waals surface area (Å²) in [6.45, 7) is 5.98. The number of ether oxygens (including phenoxy) is 1. The molecule has 0 aliphatic heterocycles. The van der Waals surface area contributed by atoms with Crippen molar-refractivity contribution < 1.29 is 4.74 Å². The Bertz CT molecular complexity index is 525. The molecule has 136 valence electrons. The lowest BCUT2D eigenvalue weighted by atomic mass is 9.83. The summed E-state index contributed by atoms with van der Waals surface area (Å²) in [5, 5.41) is 3.23. The first-order chi connectivity index (χ1) is 11.0. The summed E-state index contributed by atoms with van der Waals surface area (Å²) in [4.78, 5) is 4.63. The van der Waals surface area contributed by atoms with E-state index in [-0.39, 0.29) is 29.4 Å². The first-order valence-electron chi connectivity index (χ1n) is 8.70. The maximum atomic E-state index is 6.11. The summed E-state index contributed by atoms with van der Waals surface area (Å²) in [5.74, 6) is 1.01. The molecule has 0 bridgehead atoms. The number of rotatable bonds is 7. The fourth-order valence-electron chi connectivity index (χ4n) is 3.35. The Morgan fingerprint density at radius 1 is 1.33 bits per heavy atom. The molecule has 24 heavy (non-hydrogen) atoms. The second kappa shape index (κ2) is 10.2. The maximum Gasteiger partial charge on any atom is 0.193 e. The van der Waals surface area contributed by atoms with Crippen LogP contribution in [0.15, 0.2) is 29.3 Å². The molecule has 0 heterocycles. The number of hydrogen-bond donors (Lipinski definition) is 2.